The zero-order valence-corrected chi connectivity index (χ0v) is 11.5. The highest BCUT2D eigenvalue weighted by molar-refractivity contribution is 5.78. The van der Waals surface area contributed by atoms with Gasteiger partial charge in [0.15, 0.2) is 0 Å². The van der Waals surface area contributed by atoms with E-state index in [1.165, 1.54) is 5.69 Å². The molecule has 2 heterocycles. The lowest BCUT2D eigenvalue weighted by molar-refractivity contribution is -0.136. The van der Waals surface area contributed by atoms with Gasteiger partial charge in [-0.25, -0.2) is 0 Å². The molecular weight excluding hydrogens is 230 g/mol. The maximum Gasteiger partial charge on any atom is 0.225 e. The van der Waals surface area contributed by atoms with E-state index in [2.05, 4.69) is 5.10 Å². The Morgan fingerprint density at radius 2 is 2.33 bits per heavy atom. The van der Waals surface area contributed by atoms with Crippen LogP contribution in [0, 0.1) is 5.92 Å². The number of methoxy groups -OCH3 is 1. The van der Waals surface area contributed by atoms with Crippen molar-refractivity contribution in [3.05, 3.63) is 17.5 Å². The van der Waals surface area contributed by atoms with Crippen molar-refractivity contribution in [1.29, 1.82) is 0 Å². The van der Waals surface area contributed by atoms with Gasteiger partial charge in [0, 0.05) is 44.6 Å². The third-order valence-corrected chi connectivity index (χ3v) is 3.43. The normalized spacial score (nSPS) is 19.2. The van der Waals surface area contributed by atoms with Gasteiger partial charge in [0.25, 0.3) is 0 Å². The molecule has 1 amide bonds. The summed E-state index contributed by atoms with van der Waals surface area (Å²) in [4.78, 5) is 14.0. The summed E-state index contributed by atoms with van der Waals surface area (Å²) in [5, 5.41) is 4.29. The Labute approximate surface area is 108 Å². The van der Waals surface area contributed by atoms with Crippen LogP contribution in [0.4, 0.5) is 0 Å². The van der Waals surface area contributed by atoms with Crippen LogP contribution in [0.15, 0.2) is 6.20 Å². The number of nitrogens with zero attached hydrogens (tertiary/aromatic N) is 3. The minimum Gasteiger partial charge on any atom is -0.384 e. The molecular formula is C13H21N3O2. The van der Waals surface area contributed by atoms with Crippen LogP contribution >= 0.6 is 0 Å². The standard InChI is InChI=1S/C13H21N3O2/c1-9(2)13(17)16-6-10-5-14-15(3)12(10)11(7-16)8-18-4/h5,9,11H,6-8H2,1-4H3/t11-/m1/s1. The number of fused-ring (bicyclic) bond motifs is 1. The smallest absolute Gasteiger partial charge is 0.225 e. The molecule has 5 nitrogen and oxygen atoms in total. The third-order valence-electron chi connectivity index (χ3n) is 3.43. The minimum atomic E-state index is 0.0337. The average Bonchev–Trinajstić information content (AvgIpc) is 2.70. The Hall–Kier alpha value is -1.36. The van der Waals surface area contributed by atoms with E-state index in [1.807, 2.05) is 36.7 Å². The van der Waals surface area contributed by atoms with Crippen molar-refractivity contribution >= 4 is 5.91 Å². The fourth-order valence-electron chi connectivity index (χ4n) is 2.63. The van der Waals surface area contributed by atoms with Crippen LogP contribution in [0.2, 0.25) is 0 Å². The molecule has 1 atom stereocenters. The SMILES string of the molecule is COC[C@H]1CN(C(=O)C(C)C)Cc2cnn(C)c21. The Morgan fingerprint density at radius 1 is 1.61 bits per heavy atom. The summed E-state index contributed by atoms with van der Waals surface area (Å²) in [6.07, 6.45) is 1.86. The Balaban J connectivity index is 2.26. The molecule has 0 radical (unpaired) electrons. The molecule has 0 unspecified atom stereocenters. The van der Waals surface area contributed by atoms with Crippen molar-refractivity contribution < 1.29 is 9.53 Å². The average molecular weight is 251 g/mol. The van der Waals surface area contributed by atoms with Gasteiger partial charge in [-0.15, -0.1) is 0 Å². The van der Waals surface area contributed by atoms with E-state index >= 15 is 0 Å². The monoisotopic (exact) mass is 251 g/mol. The van der Waals surface area contributed by atoms with Crippen molar-refractivity contribution in [2.45, 2.75) is 26.3 Å². The molecule has 100 valence electrons. The molecule has 18 heavy (non-hydrogen) atoms. The van der Waals surface area contributed by atoms with Crippen molar-refractivity contribution in [2.24, 2.45) is 13.0 Å². The quantitative estimate of drug-likeness (QED) is 0.809. The van der Waals surface area contributed by atoms with E-state index in [1.54, 1.807) is 7.11 Å². The zero-order valence-electron chi connectivity index (χ0n) is 11.5. The summed E-state index contributed by atoms with van der Waals surface area (Å²) < 4.78 is 7.17. The highest BCUT2D eigenvalue weighted by Gasteiger charge is 2.31. The highest BCUT2D eigenvalue weighted by atomic mass is 16.5. The van der Waals surface area contributed by atoms with E-state index in [4.69, 9.17) is 4.74 Å². The van der Waals surface area contributed by atoms with Crippen LogP contribution in [0.3, 0.4) is 0 Å². The molecule has 1 aliphatic rings. The summed E-state index contributed by atoms with van der Waals surface area (Å²) in [6.45, 7) is 5.88. The Kier molecular flexibility index (Phi) is 3.71. The van der Waals surface area contributed by atoms with E-state index < -0.39 is 0 Å². The van der Waals surface area contributed by atoms with Crippen LogP contribution in [-0.4, -0.2) is 40.8 Å². The third kappa shape index (κ3) is 2.27. The van der Waals surface area contributed by atoms with Crippen molar-refractivity contribution in [3.8, 4) is 0 Å². The van der Waals surface area contributed by atoms with Crippen LogP contribution in [0.1, 0.15) is 31.0 Å². The molecule has 5 heteroatoms. The van der Waals surface area contributed by atoms with Crippen molar-refractivity contribution in [3.63, 3.8) is 0 Å². The molecule has 0 fully saturated rings. The first-order chi connectivity index (χ1) is 8.54. The number of carbonyl (C=O) groups is 1. The molecule has 2 rings (SSSR count). The summed E-state index contributed by atoms with van der Waals surface area (Å²) in [5.41, 5.74) is 2.34. The number of rotatable bonds is 3. The van der Waals surface area contributed by atoms with E-state index in [-0.39, 0.29) is 17.7 Å². The van der Waals surface area contributed by atoms with Gasteiger partial charge in [0.05, 0.1) is 18.5 Å². The first-order valence-electron chi connectivity index (χ1n) is 6.33. The predicted molar refractivity (Wildman–Crippen MR) is 68.1 cm³/mol. The fourth-order valence-corrected chi connectivity index (χ4v) is 2.63. The molecule has 1 aliphatic heterocycles. The fraction of sp³-hybridized carbons (Fsp3) is 0.692. The van der Waals surface area contributed by atoms with Crippen LogP contribution in [0.5, 0.6) is 0 Å². The second-order valence-electron chi connectivity index (χ2n) is 5.20. The van der Waals surface area contributed by atoms with Crippen molar-refractivity contribution in [1.82, 2.24) is 14.7 Å². The van der Waals surface area contributed by atoms with Gasteiger partial charge >= 0.3 is 0 Å². The first-order valence-corrected chi connectivity index (χ1v) is 6.33. The van der Waals surface area contributed by atoms with Gasteiger partial charge in [-0.3, -0.25) is 9.48 Å². The number of ether oxygens (including phenoxy) is 1. The summed E-state index contributed by atoms with van der Waals surface area (Å²) in [6, 6.07) is 0. The van der Waals surface area contributed by atoms with Gasteiger partial charge in [-0.05, 0) is 0 Å². The molecule has 0 aromatic carbocycles. The highest BCUT2D eigenvalue weighted by Crippen LogP contribution is 2.28. The lowest BCUT2D eigenvalue weighted by atomic mass is 9.96. The van der Waals surface area contributed by atoms with Crippen LogP contribution < -0.4 is 0 Å². The maximum atomic E-state index is 12.1. The van der Waals surface area contributed by atoms with Gasteiger partial charge < -0.3 is 9.64 Å². The number of hydrogen-bond acceptors (Lipinski definition) is 3. The molecule has 1 aromatic rings. The Morgan fingerprint density at radius 3 is 2.94 bits per heavy atom. The summed E-state index contributed by atoms with van der Waals surface area (Å²) in [5.74, 6) is 0.450. The number of amides is 1. The molecule has 1 aromatic heterocycles. The van der Waals surface area contributed by atoms with E-state index in [0.29, 0.717) is 13.2 Å². The molecule has 0 bridgehead atoms. The van der Waals surface area contributed by atoms with Crippen molar-refractivity contribution in [2.75, 3.05) is 20.3 Å². The topological polar surface area (TPSA) is 47.4 Å². The molecule has 0 spiro atoms. The number of carbonyl (C=O) groups excluding carboxylic acids is 1. The Bertz CT molecular complexity index is 439. The first kappa shape index (κ1) is 13.1. The predicted octanol–water partition coefficient (Wildman–Crippen LogP) is 1.15. The lowest BCUT2D eigenvalue weighted by Gasteiger charge is -2.33. The molecule has 0 N–H and O–H groups in total. The van der Waals surface area contributed by atoms with Crippen LogP contribution in [-0.2, 0) is 23.1 Å². The molecule has 0 saturated heterocycles. The number of hydrogen-bond donors (Lipinski definition) is 0. The van der Waals surface area contributed by atoms with Gasteiger partial charge in [-0.2, -0.15) is 5.10 Å². The van der Waals surface area contributed by atoms with Gasteiger partial charge in [0.2, 0.25) is 5.91 Å². The second kappa shape index (κ2) is 5.10. The minimum absolute atomic E-state index is 0.0337. The summed E-state index contributed by atoms with van der Waals surface area (Å²) >= 11 is 0. The number of aryl methyl sites for hydroxylation is 1. The summed E-state index contributed by atoms with van der Waals surface area (Å²) in [7, 11) is 3.64. The number of aromatic nitrogens is 2. The molecule has 0 aliphatic carbocycles. The zero-order chi connectivity index (χ0) is 13.3. The maximum absolute atomic E-state index is 12.1. The largest absolute Gasteiger partial charge is 0.384 e. The van der Waals surface area contributed by atoms with Gasteiger partial charge in [0.1, 0.15) is 0 Å². The van der Waals surface area contributed by atoms with E-state index in [9.17, 15) is 4.79 Å². The molecule has 0 saturated carbocycles. The van der Waals surface area contributed by atoms with Gasteiger partial charge in [-0.1, -0.05) is 13.8 Å². The van der Waals surface area contributed by atoms with E-state index in [0.717, 1.165) is 12.1 Å². The second-order valence-corrected chi connectivity index (χ2v) is 5.20. The lowest BCUT2D eigenvalue weighted by Crippen LogP contribution is -2.41. The van der Waals surface area contributed by atoms with Crippen LogP contribution in [0.25, 0.3) is 0 Å².